The highest BCUT2D eigenvalue weighted by molar-refractivity contribution is 6.19. The van der Waals surface area contributed by atoms with E-state index in [0.717, 1.165) is 11.4 Å². The molecule has 0 aliphatic rings. The van der Waals surface area contributed by atoms with Gasteiger partial charge in [-0.05, 0) is 88.0 Å². The second-order valence-corrected chi connectivity index (χ2v) is 13.0. The molecule has 0 atom stereocenters. The van der Waals surface area contributed by atoms with E-state index in [1.165, 1.54) is 77.0 Å². The van der Waals surface area contributed by atoms with E-state index in [-0.39, 0.29) is 0 Å². The molecule has 0 saturated carbocycles. The third kappa shape index (κ3) is 4.57. The van der Waals surface area contributed by atoms with Crippen LogP contribution in [0.5, 0.6) is 0 Å². The zero-order valence-corrected chi connectivity index (χ0v) is 27.4. The van der Waals surface area contributed by atoms with Crippen molar-refractivity contribution in [3.05, 3.63) is 194 Å². The molecule has 0 amide bonds. The Hall–Kier alpha value is -6.64. The van der Waals surface area contributed by atoms with Crippen molar-refractivity contribution in [2.45, 2.75) is 0 Å². The van der Waals surface area contributed by atoms with Crippen molar-refractivity contribution in [3.8, 4) is 44.8 Å². The van der Waals surface area contributed by atoms with Crippen LogP contribution in [0.25, 0.3) is 88.4 Å². The number of fused-ring (bicyclic) bond motifs is 6. The number of rotatable bonds is 5. The van der Waals surface area contributed by atoms with Crippen LogP contribution in [0.15, 0.2) is 194 Å². The highest BCUT2D eigenvalue weighted by atomic mass is 15.0. The summed E-state index contributed by atoms with van der Waals surface area (Å²) < 4.78 is 4.86. The predicted octanol–water partition coefficient (Wildman–Crippen LogP) is 12.9. The van der Waals surface area contributed by atoms with E-state index in [2.05, 4.69) is 203 Å². The minimum Gasteiger partial charge on any atom is -0.309 e. The maximum Gasteiger partial charge on any atom is 0.0548 e. The number of hydrogen-bond acceptors (Lipinski definition) is 0. The van der Waals surface area contributed by atoms with Gasteiger partial charge in [0.05, 0.1) is 22.1 Å². The number of para-hydroxylation sites is 2. The van der Waals surface area contributed by atoms with Gasteiger partial charge >= 0.3 is 0 Å². The van der Waals surface area contributed by atoms with E-state index in [0.29, 0.717) is 0 Å². The molecule has 10 rings (SSSR count). The summed E-state index contributed by atoms with van der Waals surface area (Å²) in [5, 5.41) is 4.99. The topological polar surface area (TPSA) is 9.86 Å². The SMILES string of the molecule is c1ccc(-c2ccc(-n3c4ccccc4c4cc5c(cc43)c3ccccc3n5-c3cccc(-c4cccc(-c5ccccc5)c4)c3)cc2)cc1. The average Bonchev–Trinajstić information content (AvgIpc) is 3.70. The summed E-state index contributed by atoms with van der Waals surface area (Å²) >= 11 is 0. The van der Waals surface area contributed by atoms with Gasteiger partial charge in [-0.25, -0.2) is 0 Å². The fourth-order valence-electron chi connectivity index (χ4n) is 7.75. The molecule has 2 heterocycles. The normalized spacial score (nSPS) is 11.6. The van der Waals surface area contributed by atoms with Crippen molar-refractivity contribution in [3.63, 3.8) is 0 Å². The molecule has 0 unspecified atom stereocenters. The summed E-state index contributed by atoms with van der Waals surface area (Å²) in [4.78, 5) is 0. The summed E-state index contributed by atoms with van der Waals surface area (Å²) in [6.07, 6.45) is 0. The minimum atomic E-state index is 1.15. The number of aromatic nitrogens is 2. The van der Waals surface area contributed by atoms with Gasteiger partial charge in [-0.2, -0.15) is 0 Å². The Morgan fingerprint density at radius 2 is 0.640 bits per heavy atom. The van der Waals surface area contributed by atoms with Gasteiger partial charge in [0.1, 0.15) is 0 Å². The van der Waals surface area contributed by atoms with Crippen molar-refractivity contribution in [1.29, 1.82) is 0 Å². The molecule has 234 valence electrons. The van der Waals surface area contributed by atoms with Gasteiger partial charge in [-0.15, -0.1) is 0 Å². The average molecular weight is 637 g/mol. The first-order valence-corrected chi connectivity index (χ1v) is 17.2. The van der Waals surface area contributed by atoms with Gasteiger partial charge in [-0.3, -0.25) is 0 Å². The molecular weight excluding hydrogens is 605 g/mol. The maximum absolute atomic E-state index is 2.44. The van der Waals surface area contributed by atoms with Gasteiger partial charge in [-0.1, -0.05) is 140 Å². The van der Waals surface area contributed by atoms with Gasteiger partial charge in [0.25, 0.3) is 0 Å². The van der Waals surface area contributed by atoms with E-state index >= 15 is 0 Å². The lowest BCUT2D eigenvalue weighted by molar-refractivity contribution is 1.17. The summed E-state index contributed by atoms with van der Waals surface area (Å²) in [5.74, 6) is 0. The van der Waals surface area contributed by atoms with E-state index in [4.69, 9.17) is 0 Å². The molecule has 0 aliphatic heterocycles. The van der Waals surface area contributed by atoms with Crippen LogP contribution in [-0.2, 0) is 0 Å². The van der Waals surface area contributed by atoms with Crippen LogP contribution < -0.4 is 0 Å². The molecule has 2 nitrogen and oxygen atoms in total. The summed E-state index contributed by atoms with van der Waals surface area (Å²) in [7, 11) is 0. The van der Waals surface area contributed by atoms with Crippen LogP contribution in [0.2, 0.25) is 0 Å². The summed E-state index contributed by atoms with van der Waals surface area (Å²) in [6, 6.07) is 70.4. The maximum atomic E-state index is 2.44. The van der Waals surface area contributed by atoms with E-state index in [9.17, 15) is 0 Å². The zero-order valence-electron chi connectivity index (χ0n) is 27.4. The van der Waals surface area contributed by atoms with E-state index in [1.54, 1.807) is 0 Å². The Morgan fingerprint density at radius 3 is 1.24 bits per heavy atom. The molecule has 0 aliphatic carbocycles. The fourth-order valence-corrected chi connectivity index (χ4v) is 7.75. The Balaban J connectivity index is 1.17. The molecule has 8 aromatic carbocycles. The summed E-state index contributed by atoms with van der Waals surface area (Å²) in [5.41, 5.74) is 14.4. The predicted molar refractivity (Wildman–Crippen MR) is 211 cm³/mol. The van der Waals surface area contributed by atoms with Crippen LogP contribution in [-0.4, -0.2) is 9.13 Å². The molecule has 0 spiro atoms. The third-order valence-electron chi connectivity index (χ3n) is 10.1. The van der Waals surface area contributed by atoms with Crippen LogP contribution >= 0.6 is 0 Å². The Bertz CT molecular complexity index is 2840. The second kappa shape index (κ2) is 11.5. The van der Waals surface area contributed by atoms with Crippen molar-refractivity contribution in [1.82, 2.24) is 9.13 Å². The monoisotopic (exact) mass is 636 g/mol. The zero-order chi connectivity index (χ0) is 33.0. The van der Waals surface area contributed by atoms with Crippen molar-refractivity contribution in [2.24, 2.45) is 0 Å². The van der Waals surface area contributed by atoms with Crippen LogP contribution in [0.3, 0.4) is 0 Å². The molecular formula is C48H32N2. The molecule has 50 heavy (non-hydrogen) atoms. The van der Waals surface area contributed by atoms with Crippen LogP contribution in [0.4, 0.5) is 0 Å². The first-order valence-electron chi connectivity index (χ1n) is 17.2. The number of nitrogens with zero attached hydrogens (tertiary/aromatic N) is 2. The molecule has 0 N–H and O–H groups in total. The number of hydrogen-bond donors (Lipinski definition) is 0. The van der Waals surface area contributed by atoms with Crippen molar-refractivity contribution < 1.29 is 0 Å². The molecule has 10 aromatic rings. The molecule has 0 fully saturated rings. The second-order valence-electron chi connectivity index (χ2n) is 13.0. The lowest BCUT2D eigenvalue weighted by Gasteiger charge is -2.12. The smallest absolute Gasteiger partial charge is 0.0548 e. The highest BCUT2D eigenvalue weighted by Gasteiger charge is 2.18. The fraction of sp³-hybridized carbons (Fsp3) is 0. The Kier molecular flexibility index (Phi) is 6.53. The number of benzene rings is 8. The van der Waals surface area contributed by atoms with E-state index in [1.807, 2.05) is 0 Å². The van der Waals surface area contributed by atoms with Crippen molar-refractivity contribution >= 4 is 43.6 Å². The summed E-state index contributed by atoms with van der Waals surface area (Å²) in [6.45, 7) is 0. The largest absolute Gasteiger partial charge is 0.309 e. The van der Waals surface area contributed by atoms with Gasteiger partial charge < -0.3 is 9.13 Å². The quantitative estimate of drug-likeness (QED) is 0.178. The van der Waals surface area contributed by atoms with Crippen molar-refractivity contribution in [2.75, 3.05) is 0 Å². The van der Waals surface area contributed by atoms with Gasteiger partial charge in [0.15, 0.2) is 0 Å². The van der Waals surface area contributed by atoms with Crippen LogP contribution in [0, 0.1) is 0 Å². The highest BCUT2D eigenvalue weighted by Crippen LogP contribution is 2.40. The first kappa shape index (κ1) is 28.4. The minimum absolute atomic E-state index is 1.15. The van der Waals surface area contributed by atoms with E-state index < -0.39 is 0 Å². The molecule has 0 saturated heterocycles. The molecule has 2 aromatic heterocycles. The first-order chi connectivity index (χ1) is 24.8. The Labute approximate surface area is 290 Å². The third-order valence-corrected chi connectivity index (χ3v) is 10.1. The van der Waals surface area contributed by atoms with Crippen LogP contribution in [0.1, 0.15) is 0 Å². The molecule has 2 heteroatoms. The van der Waals surface area contributed by atoms with Gasteiger partial charge in [0.2, 0.25) is 0 Å². The molecule has 0 bridgehead atoms. The standard InChI is InChI=1S/C48H32N2/c1-3-13-33(14-4-1)35-25-27-39(28-26-35)49-45-23-9-7-21-41(45)43-32-48-44(31-47(43)49)42-22-8-10-24-46(42)50(48)40-20-12-19-38(30-40)37-18-11-17-36(29-37)34-15-5-2-6-16-34/h1-32H. The Morgan fingerprint density at radius 1 is 0.220 bits per heavy atom. The van der Waals surface area contributed by atoms with Gasteiger partial charge in [0, 0.05) is 32.9 Å². The molecule has 0 radical (unpaired) electrons. The lowest BCUT2D eigenvalue weighted by atomic mass is 9.99. The lowest BCUT2D eigenvalue weighted by Crippen LogP contribution is -1.95.